The van der Waals surface area contributed by atoms with E-state index in [0.29, 0.717) is 6.54 Å². The van der Waals surface area contributed by atoms with Crippen molar-refractivity contribution in [2.24, 2.45) is 5.73 Å². The third-order valence-corrected chi connectivity index (χ3v) is 4.29. The minimum Gasteiger partial charge on any atom is -0.384 e. The second-order valence-corrected chi connectivity index (χ2v) is 5.45. The van der Waals surface area contributed by atoms with Crippen LogP contribution in [0.15, 0.2) is 53.9 Å². The number of aliphatic hydroxyl groups is 1. The molecule has 1 heterocycles. The predicted molar refractivity (Wildman–Crippen MR) is 80.2 cm³/mol. The zero-order chi connectivity index (χ0) is 13.2. The van der Waals surface area contributed by atoms with Crippen molar-refractivity contribution >= 4 is 21.4 Å². The molecule has 0 saturated heterocycles. The van der Waals surface area contributed by atoms with Gasteiger partial charge in [-0.1, -0.05) is 42.5 Å². The molecule has 0 radical (unpaired) electrons. The molecule has 0 aliphatic carbocycles. The van der Waals surface area contributed by atoms with Gasteiger partial charge in [-0.05, 0) is 28.0 Å². The van der Waals surface area contributed by atoms with E-state index in [0.717, 1.165) is 22.1 Å². The van der Waals surface area contributed by atoms with Crippen LogP contribution in [0.3, 0.4) is 0 Å². The van der Waals surface area contributed by atoms with Crippen LogP contribution >= 0.6 is 11.3 Å². The number of fused-ring (bicyclic) bond motifs is 1. The Kier molecular flexibility index (Phi) is 3.34. The average Bonchev–Trinajstić information content (AvgIpc) is 2.90. The fourth-order valence-corrected chi connectivity index (χ4v) is 3.26. The smallest absolute Gasteiger partial charge is 0.105 e. The lowest BCUT2D eigenvalue weighted by Crippen LogP contribution is -2.02. The van der Waals surface area contributed by atoms with Crippen molar-refractivity contribution in [1.29, 1.82) is 0 Å². The molecule has 2 nitrogen and oxygen atoms in total. The minimum atomic E-state index is -0.595. The van der Waals surface area contributed by atoms with Gasteiger partial charge in [-0.2, -0.15) is 0 Å². The highest BCUT2D eigenvalue weighted by atomic mass is 32.1. The van der Waals surface area contributed by atoms with E-state index in [1.165, 1.54) is 4.70 Å². The average molecular weight is 269 g/mol. The Hall–Kier alpha value is -1.68. The zero-order valence-corrected chi connectivity index (χ0v) is 11.2. The largest absolute Gasteiger partial charge is 0.384 e. The summed E-state index contributed by atoms with van der Waals surface area (Å²) in [4.78, 5) is 0. The molecular weight excluding hydrogens is 254 g/mol. The van der Waals surface area contributed by atoms with E-state index in [2.05, 4.69) is 12.1 Å². The van der Waals surface area contributed by atoms with E-state index in [-0.39, 0.29) is 0 Å². The van der Waals surface area contributed by atoms with E-state index in [1.54, 1.807) is 11.3 Å². The predicted octanol–water partition coefficient (Wildman–Crippen LogP) is 3.44. The summed E-state index contributed by atoms with van der Waals surface area (Å²) in [6.45, 7) is 0.491. The van der Waals surface area contributed by atoms with Crippen molar-refractivity contribution in [1.82, 2.24) is 0 Å². The van der Waals surface area contributed by atoms with Crippen LogP contribution < -0.4 is 5.73 Å². The summed E-state index contributed by atoms with van der Waals surface area (Å²) < 4.78 is 1.20. The summed E-state index contributed by atoms with van der Waals surface area (Å²) in [7, 11) is 0. The molecule has 0 bridgehead atoms. The maximum Gasteiger partial charge on any atom is 0.105 e. The summed E-state index contributed by atoms with van der Waals surface area (Å²) in [5, 5.41) is 13.7. The SMILES string of the molecule is NCc1cccc(C(O)c2csc3ccccc23)c1. The Bertz CT molecular complexity index is 705. The lowest BCUT2D eigenvalue weighted by atomic mass is 9.99. The van der Waals surface area contributed by atoms with Crippen molar-refractivity contribution in [3.8, 4) is 0 Å². The Morgan fingerprint density at radius 3 is 2.79 bits per heavy atom. The summed E-state index contributed by atoms with van der Waals surface area (Å²) in [5.74, 6) is 0. The monoisotopic (exact) mass is 269 g/mol. The number of nitrogens with two attached hydrogens (primary N) is 1. The minimum absolute atomic E-state index is 0.491. The summed E-state index contributed by atoms with van der Waals surface area (Å²) in [6, 6.07) is 16.0. The van der Waals surface area contributed by atoms with Crippen LogP contribution in [0.4, 0.5) is 0 Å². The molecule has 0 amide bonds. The van der Waals surface area contributed by atoms with Crippen molar-refractivity contribution < 1.29 is 5.11 Å². The van der Waals surface area contributed by atoms with Gasteiger partial charge in [0.05, 0.1) is 0 Å². The maximum absolute atomic E-state index is 10.6. The van der Waals surface area contributed by atoms with Gasteiger partial charge in [0, 0.05) is 16.8 Å². The molecule has 0 aliphatic heterocycles. The van der Waals surface area contributed by atoms with Crippen LogP contribution in [0.2, 0.25) is 0 Å². The third kappa shape index (κ3) is 2.28. The second kappa shape index (κ2) is 5.13. The van der Waals surface area contributed by atoms with E-state index in [9.17, 15) is 5.11 Å². The van der Waals surface area contributed by atoms with Crippen molar-refractivity contribution in [3.63, 3.8) is 0 Å². The first-order chi connectivity index (χ1) is 9.29. The number of hydrogen-bond acceptors (Lipinski definition) is 3. The molecular formula is C16H15NOS. The van der Waals surface area contributed by atoms with Gasteiger partial charge in [0.1, 0.15) is 6.10 Å². The molecule has 1 aromatic heterocycles. The molecule has 0 aliphatic rings. The highest BCUT2D eigenvalue weighted by Gasteiger charge is 2.15. The number of rotatable bonds is 3. The number of hydrogen-bond donors (Lipinski definition) is 2. The summed E-state index contributed by atoms with van der Waals surface area (Å²) in [5.41, 5.74) is 8.55. The molecule has 19 heavy (non-hydrogen) atoms. The molecule has 3 rings (SSSR count). The van der Waals surface area contributed by atoms with Gasteiger partial charge in [-0.15, -0.1) is 11.3 Å². The first-order valence-corrected chi connectivity index (χ1v) is 7.10. The lowest BCUT2D eigenvalue weighted by molar-refractivity contribution is 0.222. The molecule has 1 atom stereocenters. The van der Waals surface area contributed by atoms with E-state index < -0.39 is 6.10 Å². The molecule has 3 heteroatoms. The van der Waals surface area contributed by atoms with Crippen molar-refractivity contribution in [2.75, 3.05) is 0 Å². The van der Waals surface area contributed by atoms with Gasteiger partial charge in [-0.3, -0.25) is 0 Å². The summed E-state index contributed by atoms with van der Waals surface area (Å²) >= 11 is 1.66. The molecule has 1 unspecified atom stereocenters. The second-order valence-electron chi connectivity index (χ2n) is 4.54. The molecule has 0 fully saturated rings. The highest BCUT2D eigenvalue weighted by molar-refractivity contribution is 7.17. The lowest BCUT2D eigenvalue weighted by Gasteiger charge is -2.11. The number of benzene rings is 2. The van der Waals surface area contributed by atoms with Crippen LogP contribution in [0, 0.1) is 0 Å². The molecule has 3 N–H and O–H groups in total. The Balaban J connectivity index is 2.05. The normalized spacial score (nSPS) is 12.7. The fourth-order valence-electron chi connectivity index (χ4n) is 2.28. The van der Waals surface area contributed by atoms with Gasteiger partial charge in [0.2, 0.25) is 0 Å². The standard InChI is InChI=1S/C16H15NOS/c17-9-11-4-3-5-12(8-11)16(18)14-10-19-15-7-2-1-6-13(14)15/h1-8,10,16,18H,9,17H2. The van der Waals surface area contributed by atoms with Gasteiger partial charge in [0.25, 0.3) is 0 Å². The molecule has 2 aromatic carbocycles. The molecule has 3 aromatic rings. The van der Waals surface area contributed by atoms with Crippen molar-refractivity contribution in [2.45, 2.75) is 12.6 Å². The van der Waals surface area contributed by atoms with Gasteiger partial charge < -0.3 is 10.8 Å². The Morgan fingerprint density at radius 2 is 1.95 bits per heavy atom. The maximum atomic E-state index is 10.6. The first-order valence-electron chi connectivity index (χ1n) is 6.22. The van der Waals surface area contributed by atoms with E-state index >= 15 is 0 Å². The van der Waals surface area contributed by atoms with Gasteiger partial charge in [-0.25, -0.2) is 0 Å². The topological polar surface area (TPSA) is 46.2 Å². The fraction of sp³-hybridized carbons (Fsp3) is 0.125. The molecule has 0 spiro atoms. The Labute approximate surface area is 116 Å². The van der Waals surface area contributed by atoms with Crippen LogP contribution in [0.25, 0.3) is 10.1 Å². The van der Waals surface area contributed by atoms with Gasteiger partial charge in [0.15, 0.2) is 0 Å². The number of thiophene rings is 1. The highest BCUT2D eigenvalue weighted by Crippen LogP contribution is 2.33. The van der Waals surface area contributed by atoms with E-state index in [4.69, 9.17) is 5.73 Å². The van der Waals surface area contributed by atoms with Crippen LogP contribution in [0.1, 0.15) is 22.8 Å². The summed E-state index contributed by atoms with van der Waals surface area (Å²) in [6.07, 6.45) is -0.595. The van der Waals surface area contributed by atoms with Gasteiger partial charge >= 0.3 is 0 Å². The molecule has 0 saturated carbocycles. The van der Waals surface area contributed by atoms with Crippen LogP contribution in [-0.2, 0) is 6.54 Å². The zero-order valence-electron chi connectivity index (χ0n) is 10.4. The number of aliphatic hydroxyl groups excluding tert-OH is 1. The van der Waals surface area contributed by atoms with Crippen molar-refractivity contribution in [3.05, 3.63) is 70.6 Å². The first kappa shape index (κ1) is 12.4. The Morgan fingerprint density at radius 1 is 1.11 bits per heavy atom. The third-order valence-electron chi connectivity index (χ3n) is 3.31. The van der Waals surface area contributed by atoms with E-state index in [1.807, 2.05) is 41.8 Å². The van der Waals surface area contributed by atoms with Crippen LogP contribution in [0.5, 0.6) is 0 Å². The quantitative estimate of drug-likeness (QED) is 0.765. The molecule has 96 valence electrons. The van der Waals surface area contributed by atoms with Crippen LogP contribution in [-0.4, -0.2) is 5.11 Å².